The van der Waals surface area contributed by atoms with E-state index in [1.807, 2.05) is 0 Å². The molecule has 0 radical (unpaired) electrons. The fourth-order valence-electron chi connectivity index (χ4n) is 1.72. The molecule has 0 saturated heterocycles. The van der Waals surface area contributed by atoms with Gasteiger partial charge in [0.15, 0.2) is 0 Å². The third kappa shape index (κ3) is 2.52. The second kappa shape index (κ2) is 4.15. The number of hydrogen-bond donors (Lipinski definition) is 0. The first-order valence-corrected chi connectivity index (χ1v) is 5.00. The molecule has 0 aliphatic heterocycles. The van der Waals surface area contributed by atoms with E-state index in [9.17, 15) is 0 Å². The summed E-state index contributed by atoms with van der Waals surface area (Å²) in [5.74, 6) is 0.767. The van der Waals surface area contributed by atoms with Crippen LogP contribution in [0.3, 0.4) is 0 Å². The minimum absolute atomic E-state index is 0.393. The van der Waals surface area contributed by atoms with Crippen molar-refractivity contribution < 1.29 is 0 Å². The van der Waals surface area contributed by atoms with Gasteiger partial charge in [-0.3, -0.25) is 0 Å². The molecule has 0 fully saturated rings. The Morgan fingerprint density at radius 2 is 2.45 bits per heavy atom. The second-order valence-corrected chi connectivity index (χ2v) is 4.12. The highest BCUT2D eigenvalue weighted by Crippen LogP contribution is 2.30. The largest absolute Gasteiger partial charge is 0.122 e. The van der Waals surface area contributed by atoms with Gasteiger partial charge in [0.25, 0.3) is 0 Å². The van der Waals surface area contributed by atoms with Gasteiger partial charge in [0.1, 0.15) is 0 Å². The first-order valence-electron chi connectivity index (χ1n) is 4.57. The lowest BCUT2D eigenvalue weighted by Crippen LogP contribution is -1.99. The molecule has 0 spiro atoms. The predicted octanol–water partition coefficient (Wildman–Crippen LogP) is 3.75. The zero-order valence-corrected chi connectivity index (χ0v) is 8.19. The summed E-state index contributed by atoms with van der Waals surface area (Å²) in [6, 6.07) is 0. The number of alkyl halides is 1. The average Bonchev–Trinajstić information content (AvgIpc) is 2.36. The Balaban J connectivity index is 2.36. The van der Waals surface area contributed by atoms with Crippen molar-refractivity contribution in [1.82, 2.24) is 0 Å². The van der Waals surface area contributed by atoms with Gasteiger partial charge in [0.2, 0.25) is 0 Å². The van der Waals surface area contributed by atoms with E-state index in [4.69, 9.17) is 11.6 Å². The van der Waals surface area contributed by atoms with Crippen molar-refractivity contribution >= 4 is 11.6 Å². The molecule has 1 rings (SSSR count). The van der Waals surface area contributed by atoms with Crippen LogP contribution in [0, 0.1) is 5.92 Å². The van der Waals surface area contributed by atoms with Crippen LogP contribution in [0.2, 0.25) is 0 Å². The Kier molecular flexibility index (Phi) is 3.45. The van der Waals surface area contributed by atoms with Crippen LogP contribution in [0.4, 0.5) is 0 Å². The first-order chi connectivity index (χ1) is 5.24. The van der Waals surface area contributed by atoms with Crippen LogP contribution in [0.15, 0.2) is 11.6 Å². The molecule has 0 aromatic carbocycles. The summed E-state index contributed by atoms with van der Waals surface area (Å²) < 4.78 is 0. The summed E-state index contributed by atoms with van der Waals surface area (Å²) in [6.07, 6.45) is 7.15. The highest BCUT2D eigenvalue weighted by molar-refractivity contribution is 6.21. The van der Waals surface area contributed by atoms with Crippen molar-refractivity contribution in [1.29, 1.82) is 0 Å². The van der Waals surface area contributed by atoms with Crippen molar-refractivity contribution in [2.45, 2.75) is 44.9 Å². The number of rotatable bonds is 3. The van der Waals surface area contributed by atoms with Gasteiger partial charge in [-0.2, -0.15) is 0 Å². The maximum Gasteiger partial charge on any atom is 0.0407 e. The molecule has 0 nitrogen and oxygen atoms in total. The van der Waals surface area contributed by atoms with Crippen LogP contribution < -0.4 is 0 Å². The summed E-state index contributed by atoms with van der Waals surface area (Å²) in [5, 5.41) is 0.393. The van der Waals surface area contributed by atoms with Crippen molar-refractivity contribution in [2.24, 2.45) is 5.92 Å². The van der Waals surface area contributed by atoms with Gasteiger partial charge in [-0.05, 0) is 25.2 Å². The van der Waals surface area contributed by atoms with Crippen LogP contribution in [0.1, 0.15) is 39.5 Å². The van der Waals surface area contributed by atoms with Gasteiger partial charge >= 0.3 is 0 Å². The Bertz CT molecular complexity index is 149. The van der Waals surface area contributed by atoms with Crippen LogP contribution >= 0.6 is 11.6 Å². The standard InChI is InChI=1S/C10H17Cl/c1-3-4-8(2)9-5-6-10(11)7-9/h5,8,10H,3-4,6-7H2,1-2H3. The molecule has 0 aromatic heterocycles. The van der Waals surface area contributed by atoms with E-state index >= 15 is 0 Å². The Labute approximate surface area is 74.6 Å². The maximum absolute atomic E-state index is 6.00. The van der Waals surface area contributed by atoms with Gasteiger partial charge in [0.05, 0.1) is 0 Å². The molecule has 0 saturated carbocycles. The third-order valence-electron chi connectivity index (χ3n) is 2.45. The van der Waals surface area contributed by atoms with Crippen LogP contribution in [0.25, 0.3) is 0 Å². The van der Waals surface area contributed by atoms with Gasteiger partial charge < -0.3 is 0 Å². The van der Waals surface area contributed by atoms with Crippen LogP contribution in [0.5, 0.6) is 0 Å². The molecule has 2 atom stereocenters. The molecular weight excluding hydrogens is 156 g/mol. The third-order valence-corrected chi connectivity index (χ3v) is 2.78. The van der Waals surface area contributed by atoms with E-state index in [2.05, 4.69) is 19.9 Å². The van der Waals surface area contributed by atoms with Crippen molar-refractivity contribution in [2.75, 3.05) is 0 Å². The molecular formula is C10H17Cl. The molecule has 1 aliphatic carbocycles. The van der Waals surface area contributed by atoms with E-state index in [1.54, 1.807) is 5.57 Å². The monoisotopic (exact) mass is 172 g/mol. The fourth-order valence-corrected chi connectivity index (χ4v) is 1.99. The van der Waals surface area contributed by atoms with Crippen LogP contribution in [-0.4, -0.2) is 5.38 Å². The summed E-state index contributed by atoms with van der Waals surface area (Å²) >= 11 is 6.00. The average molecular weight is 173 g/mol. The molecule has 1 aliphatic rings. The Hall–Kier alpha value is 0.0300. The quantitative estimate of drug-likeness (QED) is 0.449. The summed E-state index contributed by atoms with van der Waals surface area (Å²) in [5.41, 5.74) is 1.59. The van der Waals surface area contributed by atoms with Crippen LogP contribution in [-0.2, 0) is 0 Å². The molecule has 0 N–H and O–H groups in total. The van der Waals surface area contributed by atoms with Crippen molar-refractivity contribution in [3.05, 3.63) is 11.6 Å². The molecule has 0 aromatic rings. The van der Waals surface area contributed by atoms with E-state index in [1.165, 1.54) is 12.8 Å². The van der Waals surface area contributed by atoms with Crippen molar-refractivity contribution in [3.63, 3.8) is 0 Å². The van der Waals surface area contributed by atoms with E-state index < -0.39 is 0 Å². The topological polar surface area (TPSA) is 0 Å². The smallest absolute Gasteiger partial charge is 0.0407 e. The number of hydrogen-bond acceptors (Lipinski definition) is 0. The zero-order chi connectivity index (χ0) is 8.27. The fraction of sp³-hybridized carbons (Fsp3) is 0.800. The summed E-state index contributed by atoms with van der Waals surface area (Å²) in [4.78, 5) is 0. The SMILES string of the molecule is CCCC(C)C1=CCC(Cl)C1. The van der Waals surface area contributed by atoms with E-state index in [0.29, 0.717) is 5.38 Å². The van der Waals surface area contributed by atoms with Crippen molar-refractivity contribution in [3.8, 4) is 0 Å². The zero-order valence-electron chi connectivity index (χ0n) is 7.44. The maximum atomic E-state index is 6.00. The molecule has 0 bridgehead atoms. The van der Waals surface area contributed by atoms with Gasteiger partial charge in [-0.1, -0.05) is 31.9 Å². The molecule has 64 valence electrons. The molecule has 2 unspecified atom stereocenters. The molecule has 11 heavy (non-hydrogen) atoms. The highest BCUT2D eigenvalue weighted by atomic mass is 35.5. The lowest BCUT2D eigenvalue weighted by Gasteiger charge is -2.11. The molecule has 1 heteroatoms. The number of halogens is 1. The minimum atomic E-state index is 0.393. The lowest BCUT2D eigenvalue weighted by atomic mass is 9.96. The van der Waals surface area contributed by atoms with Gasteiger partial charge in [-0.15, -0.1) is 11.6 Å². The normalized spacial score (nSPS) is 26.8. The Morgan fingerprint density at radius 3 is 2.91 bits per heavy atom. The highest BCUT2D eigenvalue weighted by Gasteiger charge is 2.17. The predicted molar refractivity (Wildman–Crippen MR) is 51.0 cm³/mol. The summed E-state index contributed by atoms with van der Waals surface area (Å²) in [7, 11) is 0. The van der Waals surface area contributed by atoms with Gasteiger partial charge in [0, 0.05) is 5.38 Å². The van der Waals surface area contributed by atoms with Gasteiger partial charge in [-0.25, -0.2) is 0 Å². The molecule has 0 heterocycles. The summed E-state index contributed by atoms with van der Waals surface area (Å²) in [6.45, 7) is 4.55. The minimum Gasteiger partial charge on any atom is -0.122 e. The van der Waals surface area contributed by atoms with E-state index in [0.717, 1.165) is 18.8 Å². The second-order valence-electron chi connectivity index (χ2n) is 3.51. The van der Waals surface area contributed by atoms with E-state index in [-0.39, 0.29) is 0 Å². The molecule has 0 amide bonds. The lowest BCUT2D eigenvalue weighted by molar-refractivity contribution is 0.587. The first kappa shape index (κ1) is 9.12. The Morgan fingerprint density at radius 1 is 1.73 bits per heavy atom. The number of allylic oxidation sites excluding steroid dienone is 2.